The Morgan fingerprint density at radius 3 is 2.68 bits per heavy atom. The molecule has 2 aromatic carbocycles. The van der Waals surface area contributed by atoms with Crippen molar-refractivity contribution in [2.75, 3.05) is 17.7 Å². The van der Waals surface area contributed by atoms with Crippen molar-refractivity contribution < 1.29 is 4.74 Å². The van der Waals surface area contributed by atoms with Crippen LogP contribution in [0.4, 0.5) is 23.1 Å². The quantitative estimate of drug-likeness (QED) is 0.702. The van der Waals surface area contributed by atoms with Crippen LogP contribution in [0, 0.1) is 6.92 Å². The highest BCUT2D eigenvalue weighted by Gasteiger charge is 2.07. The van der Waals surface area contributed by atoms with E-state index in [1.54, 1.807) is 13.3 Å². The van der Waals surface area contributed by atoms with E-state index < -0.39 is 0 Å². The van der Waals surface area contributed by atoms with Crippen molar-refractivity contribution >= 4 is 23.1 Å². The molecule has 128 valence electrons. The SMILES string of the molecule is CCc1ccccc1Nc1nncc(Nc2cc(C)ccc2OC)n1. The number of anilines is 4. The molecule has 0 saturated carbocycles. The Kier molecular flexibility index (Phi) is 5.09. The molecule has 0 radical (unpaired) electrons. The van der Waals surface area contributed by atoms with Gasteiger partial charge in [0.2, 0.25) is 5.95 Å². The molecule has 0 aliphatic rings. The number of benzene rings is 2. The van der Waals surface area contributed by atoms with Gasteiger partial charge in [-0.1, -0.05) is 31.2 Å². The zero-order valence-electron chi connectivity index (χ0n) is 14.6. The average Bonchev–Trinajstić information content (AvgIpc) is 2.63. The van der Waals surface area contributed by atoms with Crippen LogP contribution in [-0.4, -0.2) is 22.3 Å². The largest absolute Gasteiger partial charge is 0.495 e. The molecule has 0 bridgehead atoms. The highest BCUT2D eigenvalue weighted by Crippen LogP contribution is 2.28. The molecule has 25 heavy (non-hydrogen) atoms. The molecule has 6 heteroatoms. The van der Waals surface area contributed by atoms with E-state index in [1.165, 1.54) is 5.56 Å². The van der Waals surface area contributed by atoms with E-state index in [2.05, 4.69) is 38.8 Å². The lowest BCUT2D eigenvalue weighted by Crippen LogP contribution is -2.04. The Morgan fingerprint density at radius 1 is 1.04 bits per heavy atom. The van der Waals surface area contributed by atoms with Crippen molar-refractivity contribution in [3.8, 4) is 5.75 Å². The van der Waals surface area contributed by atoms with Crippen LogP contribution in [0.15, 0.2) is 48.7 Å². The first kappa shape index (κ1) is 16.7. The van der Waals surface area contributed by atoms with Crippen LogP contribution in [0.3, 0.4) is 0 Å². The number of hydrogen-bond donors (Lipinski definition) is 2. The molecule has 0 spiro atoms. The van der Waals surface area contributed by atoms with Gasteiger partial charge in [0.15, 0.2) is 5.82 Å². The lowest BCUT2D eigenvalue weighted by molar-refractivity contribution is 0.416. The molecule has 0 saturated heterocycles. The van der Waals surface area contributed by atoms with Crippen molar-refractivity contribution in [3.05, 3.63) is 59.8 Å². The molecule has 1 aromatic heterocycles. The van der Waals surface area contributed by atoms with Crippen molar-refractivity contribution in [1.29, 1.82) is 0 Å². The van der Waals surface area contributed by atoms with Crippen LogP contribution >= 0.6 is 0 Å². The highest BCUT2D eigenvalue weighted by atomic mass is 16.5. The van der Waals surface area contributed by atoms with Gasteiger partial charge in [0.1, 0.15) is 5.75 Å². The summed E-state index contributed by atoms with van der Waals surface area (Å²) in [5, 5.41) is 14.6. The number of rotatable bonds is 6. The van der Waals surface area contributed by atoms with Gasteiger partial charge in [0.05, 0.1) is 19.0 Å². The van der Waals surface area contributed by atoms with E-state index in [-0.39, 0.29) is 0 Å². The van der Waals surface area contributed by atoms with E-state index in [1.807, 2.05) is 43.3 Å². The first-order valence-electron chi connectivity index (χ1n) is 8.16. The van der Waals surface area contributed by atoms with Crippen LogP contribution < -0.4 is 15.4 Å². The molecular weight excluding hydrogens is 314 g/mol. The van der Waals surface area contributed by atoms with E-state index >= 15 is 0 Å². The van der Waals surface area contributed by atoms with Gasteiger partial charge in [-0.3, -0.25) is 0 Å². The van der Waals surface area contributed by atoms with Gasteiger partial charge in [-0.05, 0) is 42.7 Å². The zero-order chi connectivity index (χ0) is 17.6. The third-order valence-corrected chi connectivity index (χ3v) is 3.82. The van der Waals surface area contributed by atoms with Gasteiger partial charge in [-0.15, -0.1) is 5.10 Å². The van der Waals surface area contributed by atoms with Gasteiger partial charge >= 0.3 is 0 Å². The van der Waals surface area contributed by atoms with Crippen LogP contribution in [0.1, 0.15) is 18.1 Å². The van der Waals surface area contributed by atoms with Gasteiger partial charge in [-0.25, -0.2) is 0 Å². The molecule has 0 amide bonds. The maximum Gasteiger partial charge on any atom is 0.249 e. The standard InChI is InChI=1S/C19H21N5O/c1-4-14-7-5-6-8-15(14)22-19-23-18(12-20-24-19)21-16-11-13(2)9-10-17(16)25-3/h5-12H,4H2,1-3H3,(H2,21,22,23,24). The number of aromatic nitrogens is 3. The summed E-state index contributed by atoms with van der Waals surface area (Å²) in [5.41, 5.74) is 4.14. The van der Waals surface area contributed by atoms with Crippen LogP contribution in [0.25, 0.3) is 0 Å². The molecule has 0 atom stereocenters. The number of aryl methyl sites for hydroxylation is 2. The fourth-order valence-electron chi connectivity index (χ4n) is 2.55. The van der Waals surface area contributed by atoms with Crippen LogP contribution in [0.2, 0.25) is 0 Å². The third kappa shape index (κ3) is 4.03. The fourth-order valence-corrected chi connectivity index (χ4v) is 2.55. The number of hydrogen-bond acceptors (Lipinski definition) is 6. The Labute approximate surface area is 147 Å². The predicted molar refractivity (Wildman–Crippen MR) is 99.9 cm³/mol. The number of nitrogens with zero attached hydrogens (tertiary/aromatic N) is 3. The van der Waals surface area contributed by atoms with Gasteiger partial charge in [0, 0.05) is 5.69 Å². The molecule has 0 fully saturated rings. The smallest absolute Gasteiger partial charge is 0.249 e. The van der Waals surface area contributed by atoms with E-state index in [0.717, 1.165) is 29.1 Å². The summed E-state index contributed by atoms with van der Waals surface area (Å²) in [6, 6.07) is 14.0. The summed E-state index contributed by atoms with van der Waals surface area (Å²) in [5.74, 6) is 1.78. The van der Waals surface area contributed by atoms with E-state index in [9.17, 15) is 0 Å². The third-order valence-electron chi connectivity index (χ3n) is 3.82. The summed E-state index contributed by atoms with van der Waals surface area (Å²) in [6.45, 7) is 4.14. The highest BCUT2D eigenvalue weighted by molar-refractivity contribution is 5.66. The maximum atomic E-state index is 5.39. The van der Waals surface area contributed by atoms with Crippen molar-refractivity contribution in [2.45, 2.75) is 20.3 Å². The molecule has 2 N–H and O–H groups in total. The minimum atomic E-state index is 0.442. The number of para-hydroxylation sites is 1. The predicted octanol–water partition coefficient (Wildman–Crippen LogP) is 4.24. The van der Waals surface area contributed by atoms with Gasteiger partial charge in [0.25, 0.3) is 0 Å². The van der Waals surface area contributed by atoms with Crippen molar-refractivity contribution in [3.63, 3.8) is 0 Å². The summed E-state index contributed by atoms with van der Waals surface area (Å²) in [6.07, 6.45) is 2.51. The Hall–Kier alpha value is -3.15. The Bertz CT molecular complexity index is 866. The summed E-state index contributed by atoms with van der Waals surface area (Å²) < 4.78 is 5.39. The number of methoxy groups -OCH3 is 1. The minimum Gasteiger partial charge on any atom is -0.495 e. The molecule has 0 aliphatic heterocycles. The summed E-state index contributed by atoms with van der Waals surface area (Å²) in [4.78, 5) is 4.49. The second-order valence-electron chi connectivity index (χ2n) is 5.63. The lowest BCUT2D eigenvalue weighted by atomic mass is 10.1. The van der Waals surface area contributed by atoms with Gasteiger partial charge < -0.3 is 15.4 Å². The Balaban J connectivity index is 1.84. The number of nitrogens with one attached hydrogen (secondary N) is 2. The summed E-state index contributed by atoms with van der Waals surface area (Å²) in [7, 11) is 1.64. The molecule has 0 aliphatic carbocycles. The first-order chi connectivity index (χ1) is 12.2. The molecule has 6 nitrogen and oxygen atoms in total. The van der Waals surface area contributed by atoms with Crippen LogP contribution in [0.5, 0.6) is 5.75 Å². The molecule has 1 heterocycles. The van der Waals surface area contributed by atoms with E-state index in [4.69, 9.17) is 4.74 Å². The minimum absolute atomic E-state index is 0.442. The topological polar surface area (TPSA) is 72.0 Å². The fraction of sp³-hybridized carbons (Fsp3) is 0.211. The average molecular weight is 335 g/mol. The molecule has 3 aromatic rings. The van der Waals surface area contributed by atoms with E-state index in [0.29, 0.717) is 11.8 Å². The normalized spacial score (nSPS) is 10.4. The molecule has 3 rings (SSSR count). The zero-order valence-corrected chi connectivity index (χ0v) is 14.6. The van der Waals surface area contributed by atoms with Crippen molar-refractivity contribution in [2.24, 2.45) is 0 Å². The second kappa shape index (κ2) is 7.61. The second-order valence-corrected chi connectivity index (χ2v) is 5.63. The monoisotopic (exact) mass is 335 g/mol. The van der Waals surface area contributed by atoms with Crippen LogP contribution in [-0.2, 0) is 6.42 Å². The number of ether oxygens (including phenoxy) is 1. The van der Waals surface area contributed by atoms with Crippen molar-refractivity contribution in [1.82, 2.24) is 15.2 Å². The first-order valence-corrected chi connectivity index (χ1v) is 8.16. The van der Waals surface area contributed by atoms with Gasteiger partial charge in [-0.2, -0.15) is 10.1 Å². The lowest BCUT2D eigenvalue weighted by Gasteiger charge is -2.12. The summed E-state index contributed by atoms with van der Waals surface area (Å²) >= 11 is 0. The molecule has 0 unspecified atom stereocenters. The maximum absolute atomic E-state index is 5.39. The Morgan fingerprint density at radius 2 is 1.88 bits per heavy atom. The molecular formula is C19H21N5O.